The molecule has 0 bridgehead atoms. The molecule has 3 aromatic rings. The topological polar surface area (TPSA) is 24.7 Å². The van der Waals surface area contributed by atoms with E-state index in [0.717, 1.165) is 30.4 Å². The largest absolute Gasteiger partial charge is 0.206 e. The maximum Gasteiger partial charge on any atom is 0.131 e. The van der Waals surface area contributed by atoms with Crippen LogP contribution < -0.4 is 0 Å². The third-order valence-electron chi connectivity index (χ3n) is 5.37. The van der Waals surface area contributed by atoms with E-state index >= 15 is 0 Å². The van der Waals surface area contributed by atoms with Crippen molar-refractivity contribution in [1.29, 1.82) is 0 Å². The molecule has 0 aromatic heterocycles. The van der Waals surface area contributed by atoms with Crippen molar-refractivity contribution in [2.45, 2.75) is 52.4 Å². The van der Waals surface area contributed by atoms with Crippen LogP contribution in [0.15, 0.2) is 76.9 Å². The van der Waals surface area contributed by atoms with E-state index in [4.69, 9.17) is 0 Å². The van der Waals surface area contributed by atoms with Gasteiger partial charge in [-0.3, -0.25) is 0 Å². The highest BCUT2D eigenvalue weighted by molar-refractivity contribution is 5.84. The lowest BCUT2D eigenvalue weighted by Crippen LogP contribution is -1.92. The van der Waals surface area contributed by atoms with Crippen LogP contribution in [0.3, 0.4) is 0 Å². The maximum absolute atomic E-state index is 14.7. The molecule has 0 atom stereocenters. The number of hydrogen-bond donors (Lipinski definition) is 0. The van der Waals surface area contributed by atoms with Crippen molar-refractivity contribution in [3.8, 4) is 11.1 Å². The fourth-order valence-electron chi connectivity index (χ4n) is 3.63. The fraction of sp³-hybridized carbons (Fsp3) is 0.286. The van der Waals surface area contributed by atoms with Crippen LogP contribution in [-0.2, 0) is 12.8 Å². The average Bonchev–Trinajstić information content (AvgIpc) is 2.79. The first-order chi connectivity index (χ1) is 15.2. The molecule has 0 aliphatic rings. The smallest absolute Gasteiger partial charge is 0.131 e. The summed E-state index contributed by atoms with van der Waals surface area (Å²) in [6.45, 7) is 4.37. The summed E-state index contributed by atoms with van der Waals surface area (Å²) in [5.41, 5.74) is 5.83. The number of halogens is 1. The molecular weight excluding hydrogens is 383 g/mol. The maximum atomic E-state index is 14.7. The highest BCUT2D eigenvalue weighted by Crippen LogP contribution is 2.24. The number of rotatable bonds is 10. The Balaban J connectivity index is 1.65. The van der Waals surface area contributed by atoms with Crippen molar-refractivity contribution in [2.75, 3.05) is 0 Å². The van der Waals surface area contributed by atoms with E-state index < -0.39 is 0 Å². The Morgan fingerprint density at radius 2 is 1.55 bits per heavy atom. The molecule has 3 aromatic carbocycles. The molecule has 0 fully saturated rings. The normalized spacial score (nSPS) is 11.6. The van der Waals surface area contributed by atoms with E-state index in [2.05, 4.69) is 42.2 Å². The minimum Gasteiger partial charge on any atom is -0.206 e. The number of nitrogens with zero attached hydrogens (tertiary/aromatic N) is 2. The van der Waals surface area contributed by atoms with Crippen LogP contribution >= 0.6 is 0 Å². The first-order valence-corrected chi connectivity index (χ1v) is 11.2. The first-order valence-electron chi connectivity index (χ1n) is 11.2. The minimum absolute atomic E-state index is 0.250. The van der Waals surface area contributed by atoms with E-state index in [1.54, 1.807) is 12.4 Å². The van der Waals surface area contributed by atoms with Crippen LogP contribution in [0.25, 0.3) is 11.1 Å². The highest BCUT2D eigenvalue weighted by Gasteiger charge is 2.06. The molecule has 0 saturated heterocycles. The van der Waals surface area contributed by atoms with Gasteiger partial charge in [0, 0.05) is 5.56 Å². The van der Waals surface area contributed by atoms with Crippen LogP contribution in [0.4, 0.5) is 4.39 Å². The molecular formula is C28H31FN2. The van der Waals surface area contributed by atoms with E-state index in [1.807, 2.05) is 42.5 Å². The van der Waals surface area contributed by atoms with Gasteiger partial charge in [0.1, 0.15) is 5.82 Å². The minimum atomic E-state index is -0.250. The van der Waals surface area contributed by atoms with Gasteiger partial charge in [-0.2, -0.15) is 10.2 Å². The molecule has 2 nitrogen and oxygen atoms in total. The van der Waals surface area contributed by atoms with Crippen LogP contribution in [0.2, 0.25) is 0 Å². The first kappa shape index (κ1) is 22.6. The Morgan fingerprint density at radius 3 is 2.29 bits per heavy atom. The second-order valence-corrected chi connectivity index (χ2v) is 7.83. The summed E-state index contributed by atoms with van der Waals surface area (Å²) in [5, 5.41) is 8.26. The van der Waals surface area contributed by atoms with Crippen molar-refractivity contribution in [3.05, 3.63) is 94.8 Å². The summed E-state index contributed by atoms with van der Waals surface area (Å²) in [7, 11) is 0. The molecule has 0 aliphatic heterocycles. The highest BCUT2D eigenvalue weighted by atomic mass is 19.1. The predicted octanol–water partition coefficient (Wildman–Crippen LogP) is 7.63. The van der Waals surface area contributed by atoms with Crippen molar-refractivity contribution in [3.63, 3.8) is 0 Å². The van der Waals surface area contributed by atoms with Crippen LogP contribution in [0, 0.1) is 5.82 Å². The molecule has 0 saturated carbocycles. The van der Waals surface area contributed by atoms with Crippen LogP contribution in [0.1, 0.15) is 61.8 Å². The molecule has 0 heterocycles. The predicted molar refractivity (Wildman–Crippen MR) is 131 cm³/mol. The van der Waals surface area contributed by atoms with Gasteiger partial charge in [-0.05, 0) is 53.1 Å². The second kappa shape index (κ2) is 11.9. The van der Waals surface area contributed by atoms with Gasteiger partial charge >= 0.3 is 0 Å². The summed E-state index contributed by atoms with van der Waals surface area (Å²) in [5.74, 6) is -0.250. The molecule has 0 amide bonds. The molecule has 160 valence electrons. The lowest BCUT2D eigenvalue weighted by Gasteiger charge is -2.06. The van der Waals surface area contributed by atoms with Crippen molar-refractivity contribution >= 4 is 12.4 Å². The standard InChI is InChI=1S/C28H31FN2/c1-3-5-6-10-22-13-16-25(17-14-22)27-18-15-23(19-28(27)29)20-30-31-21-26-12-8-7-11-24(26)9-4-2/h7-8,11-21H,3-6,9-10H2,1-2H3. The zero-order valence-electron chi connectivity index (χ0n) is 18.5. The van der Waals surface area contributed by atoms with Gasteiger partial charge in [0.15, 0.2) is 0 Å². The number of hydrogen-bond acceptors (Lipinski definition) is 2. The average molecular weight is 415 g/mol. The quantitative estimate of drug-likeness (QED) is 0.185. The molecule has 31 heavy (non-hydrogen) atoms. The SMILES string of the molecule is CCCCCc1ccc(-c2ccc(C=NN=Cc3ccccc3CCC)cc2F)cc1. The molecule has 3 heteroatoms. The summed E-state index contributed by atoms with van der Waals surface area (Å²) >= 11 is 0. The Morgan fingerprint density at radius 1 is 0.774 bits per heavy atom. The zero-order chi connectivity index (χ0) is 21.9. The second-order valence-electron chi connectivity index (χ2n) is 7.83. The monoisotopic (exact) mass is 414 g/mol. The third-order valence-corrected chi connectivity index (χ3v) is 5.37. The van der Waals surface area contributed by atoms with E-state index in [9.17, 15) is 4.39 Å². The van der Waals surface area contributed by atoms with Crippen molar-refractivity contribution < 1.29 is 4.39 Å². The Hall–Kier alpha value is -3.07. The van der Waals surface area contributed by atoms with Gasteiger partial charge in [0.25, 0.3) is 0 Å². The summed E-state index contributed by atoms with van der Waals surface area (Å²) < 4.78 is 14.7. The van der Waals surface area contributed by atoms with Gasteiger partial charge in [0.2, 0.25) is 0 Å². The number of aryl methyl sites for hydroxylation is 2. The molecule has 0 spiro atoms. The lowest BCUT2D eigenvalue weighted by atomic mass is 10.00. The van der Waals surface area contributed by atoms with Gasteiger partial charge in [-0.1, -0.05) is 93.8 Å². The number of benzene rings is 3. The summed E-state index contributed by atoms with van der Waals surface area (Å²) in [6, 6.07) is 21.6. The molecule has 0 aliphatic carbocycles. The van der Waals surface area contributed by atoms with Crippen LogP contribution in [-0.4, -0.2) is 12.4 Å². The van der Waals surface area contributed by atoms with E-state index in [1.165, 1.54) is 36.5 Å². The Bertz CT molecular complexity index is 1020. The van der Waals surface area contributed by atoms with E-state index in [-0.39, 0.29) is 5.82 Å². The van der Waals surface area contributed by atoms with E-state index in [0.29, 0.717) is 11.1 Å². The van der Waals surface area contributed by atoms with Crippen LogP contribution in [0.5, 0.6) is 0 Å². The molecule has 0 radical (unpaired) electrons. The summed E-state index contributed by atoms with van der Waals surface area (Å²) in [4.78, 5) is 0. The number of unbranched alkanes of at least 4 members (excludes halogenated alkanes) is 2. The van der Waals surface area contributed by atoms with Gasteiger partial charge in [0.05, 0.1) is 12.4 Å². The molecule has 0 N–H and O–H groups in total. The Kier molecular flexibility index (Phi) is 8.71. The molecule has 3 rings (SSSR count). The van der Waals surface area contributed by atoms with Gasteiger partial charge in [-0.25, -0.2) is 4.39 Å². The lowest BCUT2D eigenvalue weighted by molar-refractivity contribution is 0.631. The summed E-state index contributed by atoms with van der Waals surface area (Å²) in [6.07, 6.45) is 10.2. The molecule has 0 unspecified atom stereocenters. The zero-order valence-corrected chi connectivity index (χ0v) is 18.5. The van der Waals surface area contributed by atoms with Gasteiger partial charge in [-0.15, -0.1) is 0 Å². The third kappa shape index (κ3) is 6.71. The fourth-order valence-corrected chi connectivity index (χ4v) is 3.63. The van der Waals surface area contributed by atoms with Gasteiger partial charge < -0.3 is 0 Å². The van der Waals surface area contributed by atoms with Crippen molar-refractivity contribution in [2.24, 2.45) is 10.2 Å². The Labute approximate surface area is 185 Å². The van der Waals surface area contributed by atoms with Crippen molar-refractivity contribution in [1.82, 2.24) is 0 Å².